The molecule has 0 unspecified atom stereocenters. The molecule has 0 amide bonds. The number of furan rings is 1. The minimum absolute atomic E-state index is 0. The van der Waals surface area contributed by atoms with Crippen molar-refractivity contribution in [3.63, 3.8) is 0 Å². The fourth-order valence-electron chi connectivity index (χ4n) is 5.01. The number of aryl methyl sites for hydroxylation is 1. The summed E-state index contributed by atoms with van der Waals surface area (Å²) in [5, 5.41) is 2.21. The van der Waals surface area contributed by atoms with Crippen LogP contribution in [0, 0.1) is 19.1 Å². The summed E-state index contributed by atoms with van der Waals surface area (Å²) in [5.74, 6) is 0. The summed E-state index contributed by atoms with van der Waals surface area (Å²) in [7, 11) is 0. The first-order valence-electron chi connectivity index (χ1n) is 14.2. The van der Waals surface area contributed by atoms with E-state index < -0.39 is 0 Å². The number of nitrogens with zero attached hydrogens (tertiary/aromatic N) is 2. The smallest absolute Gasteiger partial charge is 0.128 e. The molecule has 3 nitrogen and oxygen atoms in total. The third-order valence-electron chi connectivity index (χ3n) is 7.32. The fourth-order valence-corrected chi connectivity index (χ4v) is 5.01. The molecule has 0 saturated heterocycles. The summed E-state index contributed by atoms with van der Waals surface area (Å²) in [6, 6.07) is 43.4. The minimum atomic E-state index is 0. The second-order valence-electron chi connectivity index (χ2n) is 11.4. The van der Waals surface area contributed by atoms with Gasteiger partial charge < -0.3 is 14.4 Å². The quantitative estimate of drug-likeness (QED) is 0.170. The molecular formula is C39H32IrN2O-2. The molecule has 4 heteroatoms. The zero-order valence-electron chi connectivity index (χ0n) is 24.7. The predicted octanol–water partition coefficient (Wildman–Crippen LogP) is 10.3. The third-order valence-corrected chi connectivity index (χ3v) is 7.32. The zero-order chi connectivity index (χ0) is 29.1. The molecule has 0 spiro atoms. The molecule has 215 valence electrons. The number of pyridine rings is 2. The maximum atomic E-state index is 6.48. The van der Waals surface area contributed by atoms with Gasteiger partial charge in [-0.1, -0.05) is 98.5 Å². The van der Waals surface area contributed by atoms with E-state index in [9.17, 15) is 0 Å². The Hall–Kier alpha value is -4.37. The van der Waals surface area contributed by atoms with Crippen molar-refractivity contribution in [3.05, 3.63) is 145 Å². The van der Waals surface area contributed by atoms with Crippen molar-refractivity contribution in [2.24, 2.45) is 0 Å². The number of aromatic nitrogens is 2. The molecule has 3 aromatic heterocycles. The number of hydrogen-bond donors (Lipinski definition) is 0. The van der Waals surface area contributed by atoms with E-state index in [-0.39, 0.29) is 25.5 Å². The van der Waals surface area contributed by atoms with Gasteiger partial charge in [-0.05, 0) is 46.5 Å². The molecule has 4 aromatic carbocycles. The summed E-state index contributed by atoms with van der Waals surface area (Å²) >= 11 is 0. The Kier molecular flexibility index (Phi) is 9.01. The van der Waals surface area contributed by atoms with Crippen molar-refractivity contribution in [3.8, 4) is 33.6 Å². The molecule has 0 aliphatic carbocycles. The van der Waals surface area contributed by atoms with Gasteiger partial charge in [-0.2, -0.15) is 0 Å². The monoisotopic (exact) mass is 737 g/mol. The van der Waals surface area contributed by atoms with Crippen LogP contribution in [0.15, 0.2) is 126 Å². The summed E-state index contributed by atoms with van der Waals surface area (Å²) < 4.78 is 6.48. The maximum absolute atomic E-state index is 6.48. The molecule has 0 atom stereocenters. The van der Waals surface area contributed by atoms with Crippen LogP contribution in [-0.4, -0.2) is 9.97 Å². The molecule has 1 radical (unpaired) electrons. The Labute approximate surface area is 267 Å². The number of para-hydroxylation sites is 1. The molecule has 0 aliphatic heterocycles. The third kappa shape index (κ3) is 6.51. The van der Waals surface area contributed by atoms with Gasteiger partial charge in [-0.25, -0.2) is 0 Å². The standard InChI is InChI=1S/C27H22NO.C12H10N.Ir/c1-27(2,3)19-15-16-28-24(17-19)23-14-8-13-22-21-12-7-11-20(25(21)29-26(22)23)18-9-5-4-6-10-18;1-10-7-8-12(13-9-10)11-5-3-2-4-6-11;/h4-13,15-17H,1-3H3;2-5,7-9H,1H3;/q2*-1;. The summed E-state index contributed by atoms with van der Waals surface area (Å²) in [6.07, 6.45) is 3.75. The predicted molar refractivity (Wildman–Crippen MR) is 173 cm³/mol. The van der Waals surface area contributed by atoms with Crippen LogP contribution in [-0.2, 0) is 25.5 Å². The maximum Gasteiger partial charge on any atom is 0.128 e. The van der Waals surface area contributed by atoms with Crippen molar-refractivity contribution in [1.82, 2.24) is 9.97 Å². The van der Waals surface area contributed by atoms with Crippen LogP contribution in [0.5, 0.6) is 0 Å². The van der Waals surface area contributed by atoms with E-state index in [4.69, 9.17) is 4.42 Å². The van der Waals surface area contributed by atoms with Gasteiger partial charge in [0.15, 0.2) is 0 Å². The Balaban J connectivity index is 0.000000221. The van der Waals surface area contributed by atoms with E-state index in [0.29, 0.717) is 0 Å². The second kappa shape index (κ2) is 12.9. The Bertz CT molecular complexity index is 1960. The number of hydrogen-bond acceptors (Lipinski definition) is 3. The van der Waals surface area contributed by atoms with Crippen LogP contribution in [0.1, 0.15) is 31.9 Å². The van der Waals surface area contributed by atoms with Crippen LogP contribution in [0.2, 0.25) is 0 Å². The Morgan fingerprint density at radius 1 is 0.674 bits per heavy atom. The van der Waals surface area contributed by atoms with Gasteiger partial charge in [0.1, 0.15) is 5.58 Å². The Morgan fingerprint density at radius 3 is 2.19 bits per heavy atom. The van der Waals surface area contributed by atoms with E-state index >= 15 is 0 Å². The zero-order valence-corrected chi connectivity index (χ0v) is 27.1. The second-order valence-corrected chi connectivity index (χ2v) is 11.4. The fraction of sp³-hybridized carbons (Fsp3) is 0.128. The van der Waals surface area contributed by atoms with Gasteiger partial charge in [0.25, 0.3) is 0 Å². The number of benzene rings is 4. The van der Waals surface area contributed by atoms with Crippen molar-refractivity contribution in [1.29, 1.82) is 0 Å². The summed E-state index contributed by atoms with van der Waals surface area (Å²) in [6.45, 7) is 8.67. The van der Waals surface area contributed by atoms with Crippen molar-refractivity contribution in [2.75, 3.05) is 0 Å². The average Bonchev–Trinajstić information content (AvgIpc) is 3.41. The van der Waals surface area contributed by atoms with E-state index in [2.05, 4.69) is 110 Å². The summed E-state index contributed by atoms with van der Waals surface area (Å²) in [4.78, 5) is 8.95. The molecule has 0 N–H and O–H groups in total. The largest absolute Gasteiger partial charge is 0.500 e. The van der Waals surface area contributed by atoms with Gasteiger partial charge in [0.05, 0.1) is 5.58 Å². The number of rotatable bonds is 3. The first-order chi connectivity index (χ1) is 20.4. The van der Waals surface area contributed by atoms with Crippen molar-refractivity contribution in [2.45, 2.75) is 33.1 Å². The van der Waals surface area contributed by atoms with Crippen LogP contribution >= 0.6 is 0 Å². The van der Waals surface area contributed by atoms with Crippen LogP contribution < -0.4 is 0 Å². The molecule has 0 bridgehead atoms. The average molecular weight is 737 g/mol. The summed E-state index contributed by atoms with van der Waals surface area (Å²) in [5.41, 5.74) is 10.3. The Morgan fingerprint density at radius 2 is 1.47 bits per heavy atom. The molecule has 0 fully saturated rings. The molecule has 7 aromatic rings. The topological polar surface area (TPSA) is 38.9 Å². The van der Waals surface area contributed by atoms with Crippen LogP contribution in [0.3, 0.4) is 0 Å². The van der Waals surface area contributed by atoms with Crippen molar-refractivity contribution >= 4 is 21.9 Å². The number of fused-ring (bicyclic) bond motifs is 3. The van der Waals surface area contributed by atoms with E-state index in [1.165, 1.54) is 11.1 Å². The van der Waals surface area contributed by atoms with E-state index in [0.717, 1.165) is 55.6 Å². The van der Waals surface area contributed by atoms with Gasteiger partial charge in [-0.15, -0.1) is 54.1 Å². The minimum Gasteiger partial charge on any atom is -0.500 e. The normalized spacial score (nSPS) is 11.1. The van der Waals surface area contributed by atoms with E-state index in [1.807, 2.05) is 61.8 Å². The van der Waals surface area contributed by atoms with Gasteiger partial charge in [-0.3, -0.25) is 0 Å². The van der Waals surface area contributed by atoms with E-state index in [1.54, 1.807) is 0 Å². The molecule has 0 saturated carbocycles. The van der Waals surface area contributed by atoms with Gasteiger partial charge in [0, 0.05) is 43.4 Å². The molecule has 3 heterocycles. The van der Waals surface area contributed by atoms with Crippen LogP contribution in [0.25, 0.3) is 55.6 Å². The first-order valence-corrected chi connectivity index (χ1v) is 14.2. The van der Waals surface area contributed by atoms with Crippen molar-refractivity contribution < 1.29 is 24.5 Å². The first kappa shape index (κ1) is 30.1. The molecular weight excluding hydrogens is 705 g/mol. The molecule has 0 aliphatic rings. The van der Waals surface area contributed by atoms with Gasteiger partial charge >= 0.3 is 0 Å². The molecule has 7 rings (SSSR count). The SMILES string of the molecule is CC(C)(C)c1ccnc(-c2[c-]ccc3c2oc2c(-c4ccccc4)cccc23)c1.Cc1ccc(-c2[c-]cccc2)nc1.[Ir]. The van der Waals surface area contributed by atoms with Crippen LogP contribution in [0.4, 0.5) is 0 Å². The van der Waals surface area contributed by atoms with Gasteiger partial charge in [0.2, 0.25) is 0 Å². The molecule has 43 heavy (non-hydrogen) atoms.